The topological polar surface area (TPSA) is 132 Å². The summed E-state index contributed by atoms with van der Waals surface area (Å²) >= 11 is 0. The summed E-state index contributed by atoms with van der Waals surface area (Å²) in [5, 5.41) is 31.2. The molecule has 0 amide bonds. The minimum Gasteiger partial charge on any atom is -0.437 e. The van der Waals surface area contributed by atoms with Gasteiger partial charge in [-0.1, -0.05) is 0 Å². The average molecular weight is 634 g/mol. The standard InChI is InChI=1S/C14H16F3N3.C7H3F4NO2.C6H15BN2O/c1-20-6-4-11(5-7-20)19-12-3-2-10(9-18)13(8-12)14(15,16)17;8-4-1-2-6(12(13)14)5(3-4)7(9,10)11;1-7(10)9-4-2-6(8)3-5-9/h2-3,8,11,19H,4-7H2,1H3;1-3H;6,10H,2-5,8H2,1H3. The third kappa shape index (κ3) is 11.6. The van der Waals surface area contributed by atoms with Crippen LogP contribution in [0.1, 0.15) is 42.4 Å². The van der Waals surface area contributed by atoms with Gasteiger partial charge in [0.2, 0.25) is 0 Å². The number of halogens is 7. The van der Waals surface area contributed by atoms with E-state index in [0.29, 0.717) is 23.9 Å². The maximum Gasteiger partial charge on any atom is 0.423 e. The van der Waals surface area contributed by atoms with Gasteiger partial charge in [-0.25, -0.2) is 4.39 Å². The molecule has 0 atom stereocenters. The van der Waals surface area contributed by atoms with Crippen molar-refractivity contribution in [3.63, 3.8) is 0 Å². The van der Waals surface area contributed by atoms with E-state index in [9.17, 15) is 40.8 Å². The number of likely N-dealkylation sites (tertiary alicyclic amines) is 1. The molecule has 4 N–H and O–H groups in total. The lowest BCUT2D eigenvalue weighted by molar-refractivity contribution is -0.388. The number of hydrogen-bond donors (Lipinski definition) is 3. The predicted octanol–water partition coefficient (Wildman–Crippen LogP) is 5.36. The first kappa shape index (κ1) is 36.7. The van der Waals surface area contributed by atoms with Gasteiger partial charge in [0, 0.05) is 23.8 Å². The van der Waals surface area contributed by atoms with E-state index in [1.807, 2.05) is 11.9 Å². The second-order valence-corrected chi connectivity index (χ2v) is 10.5. The summed E-state index contributed by atoms with van der Waals surface area (Å²) in [6, 6.07) is 7.09. The van der Waals surface area contributed by atoms with E-state index in [2.05, 4.69) is 10.2 Å². The predicted molar refractivity (Wildman–Crippen MR) is 151 cm³/mol. The van der Waals surface area contributed by atoms with E-state index >= 15 is 0 Å². The Morgan fingerprint density at radius 2 is 1.57 bits per heavy atom. The van der Waals surface area contributed by atoms with Crippen LogP contribution in [0.4, 0.5) is 42.1 Å². The first-order valence-electron chi connectivity index (χ1n) is 13.7. The van der Waals surface area contributed by atoms with Crippen LogP contribution < -0.4 is 11.1 Å². The molecule has 2 aromatic rings. The highest BCUT2D eigenvalue weighted by atomic mass is 19.4. The summed E-state index contributed by atoms with van der Waals surface area (Å²) in [4.78, 5) is 13.2. The van der Waals surface area contributed by atoms with E-state index < -0.39 is 39.9 Å². The number of hydrogen-bond acceptors (Lipinski definition) is 8. The van der Waals surface area contributed by atoms with Crippen molar-refractivity contribution >= 4 is 18.4 Å². The van der Waals surface area contributed by atoms with Crippen molar-refractivity contribution in [2.24, 2.45) is 5.73 Å². The summed E-state index contributed by atoms with van der Waals surface area (Å²) in [5.41, 5.74) is 2.16. The number of benzene rings is 2. The molecular formula is C27H34BF7N6O3. The fourth-order valence-electron chi connectivity index (χ4n) is 4.54. The number of piperidine rings is 2. The van der Waals surface area contributed by atoms with Crippen LogP contribution >= 0.6 is 0 Å². The third-order valence-electron chi connectivity index (χ3n) is 7.10. The maximum absolute atomic E-state index is 12.9. The number of nitriles is 1. The quantitative estimate of drug-likeness (QED) is 0.178. The van der Waals surface area contributed by atoms with E-state index in [1.54, 1.807) is 12.9 Å². The summed E-state index contributed by atoms with van der Waals surface area (Å²) in [6.07, 6.45) is -5.59. The number of nitrogens with two attached hydrogens (primary N) is 1. The normalized spacial score (nSPS) is 17.0. The monoisotopic (exact) mass is 634 g/mol. The molecule has 0 aromatic heterocycles. The second-order valence-electron chi connectivity index (χ2n) is 10.5. The Morgan fingerprint density at radius 1 is 1.00 bits per heavy atom. The lowest BCUT2D eigenvalue weighted by Crippen LogP contribution is -2.46. The van der Waals surface area contributed by atoms with Gasteiger partial charge < -0.3 is 25.8 Å². The fraction of sp³-hybridized carbons (Fsp3) is 0.519. The Kier molecular flexibility index (Phi) is 13.4. The van der Waals surface area contributed by atoms with Gasteiger partial charge in [0.25, 0.3) is 5.69 Å². The first-order valence-corrected chi connectivity index (χ1v) is 13.7. The zero-order valence-corrected chi connectivity index (χ0v) is 24.1. The van der Waals surface area contributed by atoms with E-state index in [-0.39, 0.29) is 24.7 Å². The summed E-state index contributed by atoms with van der Waals surface area (Å²) in [6.45, 7) is 5.55. The molecule has 0 aliphatic carbocycles. The van der Waals surface area contributed by atoms with Crippen molar-refractivity contribution in [1.29, 1.82) is 5.26 Å². The van der Waals surface area contributed by atoms with Crippen LogP contribution in [-0.4, -0.2) is 72.0 Å². The Balaban J connectivity index is 0.000000245. The SMILES string of the molecule is CB(O)N1CCC(N)CC1.CN1CCC(Nc2ccc(C#N)c(C(F)(F)F)c2)CC1.O=[N+]([O-])c1ccc(F)cc1C(F)(F)F. The number of alkyl halides is 6. The Hall–Kier alpha value is -3.46. The molecule has 242 valence electrons. The Labute approximate surface area is 250 Å². The molecule has 0 saturated carbocycles. The average Bonchev–Trinajstić information content (AvgIpc) is 2.94. The van der Waals surface area contributed by atoms with Crippen LogP contribution in [0, 0.1) is 27.3 Å². The third-order valence-corrected chi connectivity index (χ3v) is 7.10. The molecule has 2 aromatic carbocycles. The van der Waals surface area contributed by atoms with Gasteiger partial charge in [-0.05, 0) is 96.1 Å². The Morgan fingerprint density at radius 3 is 2.05 bits per heavy atom. The molecule has 4 rings (SSSR count). The summed E-state index contributed by atoms with van der Waals surface area (Å²) in [7, 11) is 1.73. The van der Waals surface area contributed by atoms with Gasteiger partial charge in [-0.15, -0.1) is 0 Å². The maximum atomic E-state index is 12.9. The van der Waals surface area contributed by atoms with Crippen LogP contribution in [-0.2, 0) is 12.4 Å². The molecular weight excluding hydrogens is 600 g/mol. The number of rotatable bonds is 4. The highest BCUT2D eigenvalue weighted by Gasteiger charge is 2.38. The molecule has 17 heteroatoms. The lowest BCUT2D eigenvalue weighted by Gasteiger charge is -2.30. The highest BCUT2D eigenvalue weighted by molar-refractivity contribution is 6.45. The summed E-state index contributed by atoms with van der Waals surface area (Å²) < 4.78 is 87.3. The Bertz CT molecular complexity index is 1270. The lowest BCUT2D eigenvalue weighted by atomic mass is 9.82. The van der Waals surface area contributed by atoms with Gasteiger partial charge in [0.15, 0.2) is 0 Å². The zero-order chi connectivity index (χ0) is 33.2. The van der Waals surface area contributed by atoms with Crippen LogP contribution in [0.15, 0.2) is 36.4 Å². The fourth-order valence-corrected chi connectivity index (χ4v) is 4.54. The molecule has 2 fully saturated rings. The molecule has 9 nitrogen and oxygen atoms in total. The minimum atomic E-state index is -4.93. The number of anilines is 1. The molecule has 2 aliphatic rings. The van der Waals surface area contributed by atoms with Crippen molar-refractivity contribution in [3.05, 3.63) is 69.0 Å². The van der Waals surface area contributed by atoms with E-state index in [1.165, 1.54) is 12.1 Å². The van der Waals surface area contributed by atoms with Crippen LogP contribution in [0.25, 0.3) is 0 Å². The molecule has 2 heterocycles. The molecule has 0 unspecified atom stereocenters. The first-order chi connectivity index (χ1) is 20.4. The van der Waals surface area contributed by atoms with Crippen molar-refractivity contribution < 1.29 is 40.7 Å². The number of nitro benzene ring substituents is 1. The van der Waals surface area contributed by atoms with E-state index in [4.69, 9.17) is 16.0 Å². The molecule has 0 radical (unpaired) electrons. The number of nitrogens with zero attached hydrogens (tertiary/aromatic N) is 4. The van der Waals surface area contributed by atoms with Gasteiger partial charge in [-0.3, -0.25) is 10.1 Å². The van der Waals surface area contributed by atoms with Gasteiger partial charge in [0.1, 0.15) is 11.4 Å². The largest absolute Gasteiger partial charge is 0.437 e. The van der Waals surface area contributed by atoms with Crippen LogP contribution in [0.3, 0.4) is 0 Å². The van der Waals surface area contributed by atoms with Crippen LogP contribution in [0.2, 0.25) is 6.82 Å². The molecule has 44 heavy (non-hydrogen) atoms. The van der Waals surface area contributed by atoms with Crippen LogP contribution in [0.5, 0.6) is 0 Å². The van der Waals surface area contributed by atoms with Gasteiger partial charge in [0.05, 0.1) is 22.1 Å². The molecule has 2 saturated heterocycles. The minimum absolute atomic E-state index is 0.0954. The van der Waals surface area contributed by atoms with Crippen molar-refractivity contribution in [1.82, 2.24) is 9.71 Å². The molecule has 0 spiro atoms. The molecule has 2 aliphatic heterocycles. The smallest absolute Gasteiger partial charge is 0.423 e. The van der Waals surface area contributed by atoms with Gasteiger partial charge >= 0.3 is 19.4 Å². The summed E-state index contributed by atoms with van der Waals surface area (Å²) in [5.74, 6) is -1.16. The van der Waals surface area contributed by atoms with Gasteiger partial charge in [-0.2, -0.15) is 31.6 Å². The van der Waals surface area contributed by atoms with Crippen molar-refractivity contribution in [2.45, 2.75) is 56.9 Å². The molecule has 0 bridgehead atoms. The highest BCUT2D eigenvalue weighted by Crippen LogP contribution is 2.36. The van der Waals surface area contributed by atoms with E-state index in [0.717, 1.165) is 57.9 Å². The second kappa shape index (κ2) is 16.0. The van der Waals surface area contributed by atoms with Crippen molar-refractivity contribution in [3.8, 4) is 6.07 Å². The number of nitrogens with one attached hydrogen (secondary N) is 1. The zero-order valence-electron chi connectivity index (χ0n) is 24.1. The number of nitro groups is 1. The van der Waals surface area contributed by atoms with Crippen molar-refractivity contribution in [2.75, 3.05) is 38.5 Å².